The molecule has 1 N–H and O–H groups in total. The lowest BCUT2D eigenvalue weighted by Crippen LogP contribution is -2.55. The van der Waals surface area contributed by atoms with Gasteiger partial charge in [0.25, 0.3) is 0 Å². The smallest absolute Gasteiger partial charge is 0.303 e. The fraction of sp³-hybridized carbons (Fsp3) is 0.429. The van der Waals surface area contributed by atoms with E-state index in [1.54, 1.807) is 6.07 Å². The van der Waals surface area contributed by atoms with Crippen LogP contribution in [0.4, 0.5) is 0 Å². The summed E-state index contributed by atoms with van der Waals surface area (Å²) in [7, 11) is 0. The Labute approximate surface area is 183 Å². The number of aliphatic hydroxyl groups is 1. The Morgan fingerprint density at radius 2 is 1.25 bits per heavy atom. The number of hydrogen-bond acceptors (Lipinski definition) is 11. The summed E-state index contributed by atoms with van der Waals surface area (Å²) in [5, 5.41) is 10.4. The molecule has 0 radical (unpaired) electrons. The lowest BCUT2D eigenvalue weighted by atomic mass is 9.95. The highest BCUT2D eigenvalue weighted by molar-refractivity contribution is 6.45. The van der Waals surface area contributed by atoms with Gasteiger partial charge in [-0.15, -0.1) is 0 Å². The average Bonchev–Trinajstić information content (AvgIpc) is 2.71. The summed E-state index contributed by atoms with van der Waals surface area (Å²) < 4.78 is 19.7. The molecular formula is C21H24O11. The van der Waals surface area contributed by atoms with Crippen LogP contribution in [0, 0.1) is 0 Å². The molecule has 0 aliphatic rings. The minimum Gasteiger partial charge on any atom is -0.463 e. The van der Waals surface area contributed by atoms with Gasteiger partial charge < -0.3 is 24.1 Å². The van der Waals surface area contributed by atoms with Crippen LogP contribution in [0.25, 0.3) is 0 Å². The second kappa shape index (κ2) is 12.3. The third-order valence-corrected chi connectivity index (χ3v) is 3.87. The molecule has 0 aromatic heterocycles. The highest BCUT2D eigenvalue weighted by Crippen LogP contribution is 2.20. The number of esters is 4. The van der Waals surface area contributed by atoms with Crippen molar-refractivity contribution in [3.05, 3.63) is 35.9 Å². The van der Waals surface area contributed by atoms with Gasteiger partial charge in [0.2, 0.25) is 17.7 Å². The largest absolute Gasteiger partial charge is 0.463 e. The quantitative estimate of drug-likeness (QED) is 0.211. The standard InChI is InChI=1S/C21H24O11/c1-11(22)29-10-16(26)19(30-12(2)23)21(32-14(4)25)20(31-13(3)24)18(28)17(27)15-8-6-5-7-9-15/h5-9,16,19-21,26H,10H2,1-4H3/t16-,19-,20+,21+/m1/s1. The van der Waals surface area contributed by atoms with E-state index in [0.717, 1.165) is 27.7 Å². The third-order valence-electron chi connectivity index (χ3n) is 3.87. The van der Waals surface area contributed by atoms with Gasteiger partial charge in [0.1, 0.15) is 12.7 Å². The number of hydrogen-bond donors (Lipinski definition) is 1. The SMILES string of the molecule is CC(=O)OC[C@@H](O)[C@@H](OC(C)=O)[C@H](OC(C)=O)[C@@H](OC(C)=O)C(=O)C(=O)c1ccccc1. The molecule has 1 rings (SSSR count). The molecule has 174 valence electrons. The molecule has 0 unspecified atom stereocenters. The lowest BCUT2D eigenvalue weighted by molar-refractivity contribution is -0.196. The number of benzene rings is 1. The van der Waals surface area contributed by atoms with Crippen LogP contribution in [0.3, 0.4) is 0 Å². The number of Topliss-reactive ketones (excluding diaryl/α,β-unsaturated/α-hetero) is 2. The Morgan fingerprint density at radius 3 is 1.72 bits per heavy atom. The summed E-state index contributed by atoms with van der Waals surface area (Å²) in [5.74, 6) is -6.13. The average molecular weight is 452 g/mol. The highest BCUT2D eigenvalue weighted by atomic mass is 16.6. The van der Waals surface area contributed by atoms with Crippen molar-refractivity contribution in [1.29, 1.82) is 0 Å². The molecule has 0 spiro atoms. The molecular weight excluding hydrogens is 428 g/mol. The normalized spacial score (nSPS) is 14.2. The first-order valence-corrected chi connectivity index (χ1v) is 9.40. The van der Waals surface area contributed by atoms with E-state index in [0.29, 0.717) is 0 Å². The maximum Gasteiger partial charge on any atom is 0.303 e. The highest BCUT2D eigenvalue weighted by Gasteiger charge is 2.46. The van der Waals surface area contributed by atoms with Crippen molar-refractivity contribution in [1.82, 2.24) is 0 Å². The van der Waals surface area contributed by atoms with Crippen LogP contribution in [-0.4, -0.2) is 71.6 Å². The third kappa shape index (κ3) is 8.26. The van der Waals surface area contributed by atoms with Crippen molar-refractivity contribution in [2.24, 2.45) is 0 Å². The van der Waals surface area contributed by atoms with E-state index in [-0.39, 0.29) is 5.56 Å². The van der Waals surface area contributed by atoms with Gasteiger partial charge in [0.05, 0.1) is 0 Å². The van der Waals surface area contributed by atoms with E-state index < -0.39 is 66.5 Å². The fourth-order valence-corrected chi connectivity index (χ4v) is 2.66. The number of carbonyl (C=O) groups excluding carboxylic acids is 6. The van der Waals surface area contributed by atoms with Gasteiger partial charge >= 0.3 is 23.9 Å². The van der Waals surface area contributed by atoms with Crippen molar-refractivity contribution in [2.75, 3.05) is 6.61 Å². The molecule has 0 fully saturated rings. The van der Waals surface area contributed by atoms with Gasteiger partial charge in [-0.2, -0.15) is 0 Å². The Balaban J connectivity index is 3.44. The summed E-state index contributed by atoms with van der Waals surface area (Å²) in [4.78, 5) is 71.7. The molecule has 0 saturated carbocycles. The van der Waals surface area contributed by atoms with Crippen molar-refractivity contribution in [2.45, 2.75) is 52.1 Å². The second-order valence-corrected chi connectivity index (χ2v) is 6.61. The molecule has 11 nitrogen and oxygen atoms in total. The van der Waals surface area contributed by atoms with Crippen LogP contribution in [0.1, 0.15) is 38.1 Å². The van der Waals surface area contributed by atoms with E-state index in [2.05, 4.69) is 4.74 Å². The fourth-order valence-electron chi connectivity index (χ4n) is 2.66. The summed E-state index contributed by atoms with van der Waals surface area (Å²) in [6.45, 7) is 3.20. The van der Waals surface area contributed by atoms with Gasteiger partial charge in [-0.3, -0.25) is 28.8 Å². The Hall–Kier alpha value is -3.60. The van der Waals surface area contributed by atoms with Crippen LogP contribution in [0.2, 0.25) is 0 Å². The van der Waals surface area contributed by atoms with Crippen molar-refractivity contribution in [3.8, 4) is 0 Å². The topological polar surface area (TPSA) is 160 Å². The van der Waals surface area contributed by atoms with Crippen LogP contribution < -0.4 is 0 Å². The van der Waals surface area contributed by atoms with Gasteiger partial charge in [0, 0.05) is 33.3 Å². The monoisotopic (exact) mass is 452 g/mol. The zero-order valence-corrected chi connectivity index (χ0v) is 17.9. The first kappa shape index (κ1) is 26.4. The van der Waals surface area contributed by atoms with Crippen molar-refractivity contribution >= 4 is 35.4 Å². The van der Waals surface area contributed by atoms with Crippen molar-refractivity contribution < 1.29 is 52.8 Å². The van der Waals surface area contributed by atoms with E-state index in [1.807, 2.05) is 0 Å². The molecule has 4 atom stereocenters. The van der Waals surface area contributed by atoms with Crippen LogP contribution in [0.5, 0.6) is 0 Å². The Bertz CT molecular complexity index is 862. The zero-order valence-electron chi connectivity index (χ0n) is 17.9. The van der Waals surface area contributed by atoms with Gasteiger partial charge in [0.15, 0.2) is 12.2 Å². The van der Waals surface area contributed by atoms with Crippen LogP contribution in [0.15, 0.2) is 30.3 Å². The van der Waals surface area contributed by atoms with Gasteiger partial charge in [-0.25, -0.2) is 0 Å². The summed E-state index contributed by atoms with van der Waals surface area (Å²) in [5.41, 5.74) is -0.0410. The molecule has 0 heterocycles. The minimum absolute atomic E-state index is 0.0410. The first-order chi connectivity index (χ1) is 14.9. The summed E-state index contributed by atoms with van der Waals surface area (Å²) >= 11 is 0. The maximum atomic E-state index is 13.0. The van der Waals surface area contributed by atoms with E-state index in [9.17, 15) is 33.9 Å². The second-order valence-electron chi connectivity index (χ2n) is 6.61. The molecule has 1 aromatic rings. The van der Waals surface area contributed by atoms with E-state index in [1.165, 1.54) is 24.3 Å². The molecule has 0 bridgehead atoms. The van der Waals surface area contributed by atoms with Gasteiger partial charge in [-0.05, 0) is 0 Å². The summed E-state index contributed by atoms with van der Waals surface area (Å²) in [6, 6.07) is 7.27. The van der Waals surface area contributed by atoms with E-state index >= 15 is 0 Å². The Kier molecular flexibility index (Phi) is 10.2. The summed E-state index contributed by atoms with van der Waals surface area (Å²) in [6.07, 6.45) is -7.62. The number of ketones is 2. The first-order valence-electron chi connectivity index (χ1n) is 9.40. The number of carbonyl (C=O) groups is 6. The molecule has 32 heavy (non-hydrogen) atoms. The maximum absolute atomic E-state index is 13.0. The van der Waals surface area contributed by atoms with Crippen molar-refractivity contribution in [3.63, 3.8) is 0 Å². The lowest BCUT2D eigenvalue weighted by Gasteiger charge is -2.33. The molecule has 0 amide bonds. The van der Waals surface area contributed by atoms with Crippen LogP contribution in [-0.2, 0) is 42.9 Å². The zero-order chi connectivity index (χ0) is 24.4. The minimum atomic E-state index is -2.07. The number of aliphatic hydroxyl groups excluding tert-OH is 1. The molecule has 1 aromatic carbocycles. The van der Waals surface area contributed by atoms with Crippen LogP contribution >= 0.6 is 0 Å². The molecule has 0 aliphatic heterocycles. The molecule has 0 saturated heterocycles. The molecule has 11 heteroatoms. The predicted octanol–water partition coefficient (Wildman–Crippen LogP) is 0.158. The Morgan fingerprint density at radius 1 is 0.750 bits per heavy atom. The van der Waals surface area contributed by atoms with Gasteiger partial charge in [-0.1, -0.05) is 30.3 Å². The predicted molar refractivity (Wildman–Crippen MR) is 105 cm³/mol. The molecule has 0 aliphatic carbocycles. The van der Waals surface area contributed by atoms with E-state index in [4.69, 9.17) is 14.2 Å². The number of rotatable bonds is 11. The number of ether oxygens (including phenoxy) is 4.